The molecule has 0 spiro atoms. The molecule has 0 aliphatic heterocycles. The zero-order chi connectivity index (χ0) is 19.6. The lowest BCUT2D eigenvalue weighted by molar-refractivity contribution is -0.120. The van der Waals surface area contributed by atoms with Crippen LogP contribution in [0.5, 0.6) is 5.75 Å². The van der Waals surface area contributed by atoms with Crippen molar-refractivity contribution in [3.63, 3.8) is 0 Å². The molecule has 0 aliphatic carbocycles. The van der Waals surface area contributed by atoms with E-state index in [0.29, 0.717) is 6.61 Å². The van der Waals surface area contributed by atoms with Crippen LogP contribution in [0.4, 0.5) is 0 Å². The van der Waals surface area contributed by atoms with Gasteiger partial charge in [0.25, 0.3) is 0 Å². The Morgan fingerprint density at radius 1 is 1.00 bits per heavy atom. The monoisotopic (exact) mass is 374 g/mol. The fourth-order valence-electron chi connectivity index (χ4n) is 3.09. The van der Waals surface area contributed by atoms with Gasteiger partial charge < -0.3 is 4.74 Å². The second-order valence-electron chi connectivity index (χ2n) is 6.70. The lowest BCUT2D eigenvalue weighted by Crippen LogP contribution is -2.20. The summed E-state index contributed by atoms with van der Waals surface area (Å²) in [6, 6.07) is 21.8. The van der Waals surface area contributed by atoms with Crippen molar-refractivity contribution < 1.29 is 9.53 Å². The molecule has 0 unspecified atom stereocenters. The predicted molar refractivity (Wildman–Crippen MR) is 115 cm³/mol. The highest BCUT2D eigenvalue weighted by Crippen LogP contribution is 2.19. The number of unbranched alkanes of at least 4 members (excludes halogenated alkanes) is 2. The number of ether oxygens (including phenoxy) is 1. The van der Waals surface area contributed by atoms with Crippen LogP contribution in [0.1, 0.15) is 37.3 Å². The van der Waals surface area contributed by atoms with Crippen LogP contribution in [0.2, 0.25) is 0 Å². The maximum atomic E-state index is 12.3. The average molecular weight is 374 g/mol. The number of carbonyl (C=O) groups is 1. The van der Waals surface area contributed by atoms with Crippen LogP contribution < -0.4 is 10.2 Å². The number of para-hydroxylation sites is 1. The van der Waals surface area contributed by atoms with Gasteiger partial charge in [-0.05, 0) is 34.9 Å². The number of hydrogen-bond donors (Lipinski definition) is 1. The molecule has 4 nitrogen and oxygen atoms in total. The Morgan fingerprint density at radius 2 is 1.79 bits per heavy atom. The SMILES string of the molecule is CCCCCOc1ccccc1/C=N\NC(=O)Cc1cccc2ccccc12. The van der Waals surface area contributed by atoms with Crippen LogP contribution in [0, 0.1) is 0 Å². The number of hydrogen-bond acceptors (Lipinski definition) is 3. The molecule has 28 heavy (non-hydrogen) atoms. The van der Waals surface area contributed by atoms with Crippen LogP contribution in [0.15, 0.2) is 71.8 Å². The predicted octanol–water partition coefficient (Wildman–Crippen LogP) is 5.10. The van der Waals surface area contributed by atoms with E-state index in [2.05, 4.69) is 17.5 Å². The zero-order valence-electron chi connectivity index (χ0n) is 16.2. The van der Waals surface area contributed by atoms with Gasteiger partial charge in [0.15, 0.2) is 0 Å². The van der Waals surface area contributed by atoms with Crippen molar-refractivity contribution in [1.82, 2.24) is 5.43 Å². The van der Waals surface area contributed by atoms with Crippen molar-refractivity contribution in [3.8, 4) is 5.75 Å². The zero-order valence-corrected chi connectivity index (χ0v) is 16.2. The molecule has 0 saturated carbocycles. The molecule has 3 aromatic carbocycles. The van der Waals surface area contributed by atoms with Gasteiger partial charge >= 0.3 is 0 Å². The molecule has 1 amide bonds. The van der Waals surface area contributed by atoms with E-state index in [1.54, 1.807) is 6.21 Å². The molecule has 4 heteroatoms. The van der Waals surface area contributed by atoms with E-state index in [9.17, 15) is 4.79 Å². The molecule has 0 bridgehead atoms. The second kappa shape index (κ2) is 10.3. The van der Waals surface area contributed by atoms with Gasteiger partial charge in [0.1, 0.15) is 5.75 Å². The Balaban J connectivity index is 1.59. The summed E-state index contributed by atoms with van der Waals surface area (Å²) in [5.74, 6) is 0.639. The molecule has 3 rings (SSSR count). The molecular weight excluding hydrogens is 348 g/mol. The average Bonchev–Trinajstić information content (AvgIpc) is 2.72. The van der Waals surface area contributed by atoms with Crippen LogP contribution in [-0.2, 0) is 11.2 Å². The molecule has 0 atom stereocenters. The van der Waals surface area contributed by atoms with E-state index < -0.39 is 0 Å². The first-order valence-electron chi connectivity index (χ1n) is 9.78. The fourth-order valence-corrected chi connectivity index (χ4v) is 3.09. The summed E-state index contributed by atoms with van der Waals surface area (Å²) in [6.45, 7) is 2.85. The minimum absolute atomic E-state index is 0.144. The van der Waals surface area contributed by atoms with Gasteiger partial charge in [0.05, 0.1) is 19.2 Å². The molecule has 0 fully saturated rings. The summed E-state index contributed by atoms with van der Waals surface area (Å²) in [6.07, 6.45) is 5.27. The third kappa shape index (κ3) is 5.43. The summed E-state index contributed by atoms with van der Waals surface area (Å²) in [4.78, 5) is 12.3. The maximum Gasteiger partial charge on any atom is 0.244 e. The van der Waals surface area contributed by atoms with Crippen molar-refractivity contribution in [2.45, 2.75) is 32.6 Å². The van der Waals surface area contributed by atoms with Gasteiger partial charge in [-0.1, -0.05) is 74.4 Å². The summed E-state index contributed by atoms with van der Waals surface area (Å²) in [5, 5.41) is 6.34. The number of nitrogens with one attached hydrogen (secondary N) is 1. The lowest BCUT2D eigenvalue weighted by atomic mass is 10.0. The Bertz CT molecular complexity index is 945. The minimum atomic E-state index is -0.144. The highest BCUT2D eigenvalue weighted by molar-refractivity contribution is 5.91. The van der Waals surface area contributed by atoms with Crippen molar-refractivity contribution in [1.29, 1.82) is 0 Å². The van der Waals surface area contributed by atoms with Crippen LogP contribution in [-0.4, -0.2) is 18.7 Å². The Labute approximate surface area is 166 Å². The van der Waals surface area contributed by atoms with Gasteiger partial charge in [-0.2, -0.15) is 5.10 Å². The van der Waals surface area contributed by atoms with Gasteiger partial charge in [0.2, 0.25) is 5.91 Å². The molecular formula is C24H26N2O2. The smallest absolute Gasteiger partial charge is 0.244 e. The van der Waals surface area contributed by atoms with E-state index in [-0.39, 0.29) is 12.3 Å². The molecule has 3 aromatic rings. The first-order chi connectivity index (χ1) is 13.8. The first kappa shape index (κ1) is 19.6. The summed E-state index contributed by atoms with van der Waals surface area (Å²) in [5.41, 5.74) is 4.47. The van der Waals surface area contributed by atoms with Crippen LogP contribution in [0.3, 0.4) is 0 Å². The second-order valence-corrected chi connectivity index (χ2v) is 6.70. The number of benzene rings is 3. The van der Waals surface area contributed by atoms with E-state index in [4.69, 9.17) is 4.74 Å². The topological polar surface area (TPSA) is 50.7 Å². The highest BCUT2D eigenvalue weighted by atomic mass is 16.5. The highest BCUT2D eigenvalue weighted by Gasteiger charge is 2.06. The molecule has 0 radical (unpaired) electrons. The van der Waals surface area contributed by atoms with E-state index in [1.807, 2.05) is 66.7 Å². The molecule has 0 aliphatic rings. The van der Waals surface area contributed by atoms with Crippen LogP contribution in [0.25, 0.3) is 10.8 Å². The van der Waals surface area contributed by atoms with Crippen molar-refractivity contribution in [2.24, 2.45) is 5.10 Å². The van der Waals surface area contributed by atoms with Gasteiger partial charge in [-0.3, -0.25) is 4.79 Å². The quantitative estimate of drug-likeness (QED) is 0.322. The fraction of sp³-hybridized carbons (Fsp3) is 0.250. The van der Waals surface area contributed by atoms with E-state index >= 15 is 0 Å². The largest absolute Gasteiger partial charge is 0.493 e. The molecule has 0 saturated heterocycles. The molecule has 1 N–H and O–H groups in total. The number of nitrogens with zero attached hydrogens (tertiary/aromatic N) is 1. The number of fused-ring (bicyclic) bond motifs is 1. The van der Waals surface area contributed by atoms with Crippen LogP contribution >= 0.6 is 0 Å². The molecule has 0 heterocycles. The number of rotatable bonds is 9. The number of carbonyl (C=O) groups excluding carboxylic acids is 1. The van der Waals surface area contributed by atoms with Gasteiger partial charge in [-0.15, -0.1) is 0 Å². The number of hydrazone groups is 1. The Hall–Kier alpha value is -3.14. The number of amides is 1. The van der Waals surface area contributed by atoms with E-state index in [1.165, 1.54) is 0 Å². The van der Waals surface area contributed by atoms with Crippen molar-refractivity contribution in [2.75, 3.05) is 6.61 Å². The lowest BCUT2D eigenvalue weighted by Gasteiger charge is -2.08. The summed E-state index contributed by atoms with van der Waals surface area (Å²) >= 11 is 0. The summed E-state index contributed by atoms with van der Waals surface area (Å²) in [7, 11) is 0. The Morgan fingerprint density at radius 3 is 2.68 bits per heavy atom. The third-order valence-corrected chi connectivity index (χ3v) is 4.55. The Kier molecular flexibility index (Phi) is 7.19. The molecule has 0 aromatic heterocycles. The van der Waals surface area contributed by atoms with Crippen molar-refractivity contribution >= 4 is 22.9 Å². The van der Waals surface area contributed by atoms with Crippen molar-refractivity contribution in [3.05, 3.63) is 77.9 Å². The minimum Gasteiger partial charge on any atom is -0.493 e. The van der Waals surface area contributed by atoms with Gasteiger partial charge in [-0.25, -0.2) is 5.43 Å². The van der Waals surface area contributed by atoms with E-state index in [0.717, 1.165) is 46.9 Å². The normalized spacial score (nSPS) is 11.0. The standard InChI is InChI=1S/C24H26N2O2/c1-2-3-8-16-28-23-15-7-5-11-21(23)18-25-26-24(27)17-20-13-9-12-19-10-4-6-14-22(19)20/h4-7,9-15,18H,2-3,8,16-17H2,1H3,(H,26,27)/b25-18-. The molecule has 144 valence electrons. The first-order valence-corrected chi connectivity index (χ1v) is 9.78. The maximum absolute atomic E-state index is 12.3. The third-order valence-electron chi connectivity index (χ3n) is 4.55. The summed E-state index contributed by atoms with van der Waals surface area (Å²) < 4.78 is 5.84. The van der Waals surface area contributed by atoms with Gasteiger partial charge in [0, 0.05) is 5.56 Å².